The summed E-state index contributed by atoms with van der Waals surface area (Å²) in [5, 5.41) is 12.9. The molecule has 0 heterocycles. The number of hydrogen-bond donors (Lipinski definition) is 2. The van der Waals surface area contributed by atoms with Crippen LogP contribution in [-0.4, -0.2) is 49.3 Å². The maximum atomic E-state index is 12.0. The van der Waals surface area contributed by atoms with E-state index >= 15 is 0 Å². The molecule has 0 saturated heterocycles. The Morgan fingerprint density at radius 1 is 1.21 bits per heavy atom. The van der Waals surface area contributed by atoms with Crippen molar-refractivity contribution in [3.05, 3.63) is 35.9 Å². The number of Topliss-reactive ketones (excluding diaryl/α,β-unsaturated/α-hetero) is 1. The van der Waals surface area contributed by atoms with E-state index in [1.54, 1.807) is 13.8 Å². The molecule has 0 spiro atoms. The number of carbonyl (C=O) groups is 2. The molecule has 0 amide bonds. The molecule has 134 valence electrons. The van der Waals surface area contributed by atoms with E-state index in [1.165, 1.54) is 7.11 Å². The topological polar surface area (TPSA) is 84.9 Å². The number of methoxy groups -OCH3 is 1. The summed E-state index contributed by atoms with van der Waals surface area (Å²) in [5.74, 6) is -0.957. The number of ether oxygens (including phenoxy) is 2. The summed E-state index contributed by atoms with van der Waals surface area (Å²) in [6, 6.07) is 9.25. The van der Waals surface area contributed by atoms with E-state index in [4.69, 9.17) is 4.74 Å². The monoisotopic (exact) mass is 337 g/mol. The van der Waals surface area contributed by atoms with E-state index in [0.717, 1.165) is 5.56 Å². The maximum Gasteiger partial charge on any atom is 0.308 e. The Labute approximate surface area is 143 Å². The molecule has 0 fully saturated rings. The molecule has 1 aromatic rings. The minimum Gasteiger partial charge on any atom is -0.469 e. The number of aliphatic hydroxyl groups excluding tert-OH is 1. The molecule has 3 atom stereocenters. The van der Waals surface area contributed by atoms with Crippen LogP contribution in [0.3, 0.4) is 0 Å². The van der Waals surface area contributed by atoms with Gasteiger partial charge in [-0.3, -0.25) is 9.59 Å². The molecule has 1 rings (SSSR count). The molecule has 3 unspecified atom stereocenters. The summed E-state index contributed by atoms with van der Waals surface area (Å²) in [5.41, 5.74) is 1.04. The fraction of sp³-hybridized carbons (Fsp3) is 0.556. The highest BCUT2D eigenvalue weighted by molar-refractivity contribution is 5.87. The summed E-state index contributed by atoms with van der Waals surface area (Å²) in [7, 11) is 1.30. The van der Waals surface area contributed by atoms with Crippen molar-refractivity contribution in [1.82, 2.24) is 5.32 Å². The highest BCUT2D eigenvalue weighted by atomic mass is 16.5. The van der Waals surface area contributed by atoms with Crippen molar-refractivity contribution in [2.24, 2.45) is 5.92 Å². The molecule has 0 radical (unpaired) electrons. The number of benzene rings is 1. The van der Waals surface area contributed by atoms with Gasteiger partial charge in [0.2, 0.25) is 0 Å². The lowest BCUT2D eigenvalue weighted by Crippen LogP contribution is -2.41. The molecule has 0 aromatic heterocycles. The summed E-state index contributed by atoms with van der Waals surface area (Å²) in [4.78, 5) is 23.3. The van der Waals surface area contributed by atoms with E-state index in [0.29, 0.717) is 6.61 Å². The number of hydrogen-bond acceptors (Lipinski definition) is 6. The molecule has 0 aliphatic carbocycles. The van der Waals surface area contributed by atoms with Gasteiger partial charge in [-0.2, -0.15) is 0 Å². The lowest BCUT2D eigenvalue weighted by molar-refractivity contribution is -0.146. The van der Waals surface area contributed by atoms with Gasteiger partial charge in [-0.15, -0.1) is 0 Å². The van der Waals surface area contributed by atoms with Crippen LogP contribution in [0.5, 0.6) is 0 Å². The van der Waals surface area contributed by atoms with E-state index in [2.05, 4.69) is 10.1 Å². The largest absolute Gasteiger partial charge is 0.469 e. The first kappa shape index (κ1) is 20.3. The van der Waals surface area contributed by atoms with Crippen LogP contribution in [0.4, 0.5) is 0 Å². The van der Waals surface area contributed by atoms with Crippen molar-refractivity contribution in [2.45, 2.75) is 39.0 Å². The Kier molecular flexibility index (Phi) is 9.22. The fourth-order valence-corrected chi connectivity index (χ4v) is 2.14. The van der Waals surface area contributed by atoms with Gasteiger partial charge < -0.3 is 19.9 Å². The van der Waals surface area contributed by atoms with Crippen LogP contribution >= 0.6 is 0 Å². The third kappa shape index (κ3) is 7.68. The van der Waals surface area contributed by atoms with E-state index in [1.807, 2.05) is 30.3 Å². The highest BCUT2D eigenvalue weighted by Gasteiger charge is 2.21. The molecule has 6 heteroatoms. The van der Waals surface area contributed by atoms with Crippen molar-refractivity contribution >= 4 is 11.8 Å². The van der Waals surface area contributed by atoms with Crippen LogP contribution in [0.25, 0.3) is 0 Å². The Hall–Kier alpha value is -1.76. The number of ketones is 1. The minimum atomic E-state index is -0.706. The zero-order valence-corrected chi connectivity index (χ0v) is 14.5. The number of nitrogens with one attached hydrogen (secondary N) is 1. The lowest BCUT2D eigenvalue weighted by atomic mass is 10.0. The second-order valence-corrected chi connectivity index (χ2v) is 5.88. The minimum absolute atomic E-state index is 0.0923. The molecule has 6 nitrogen and oxygen atoms in total. The predicted octanol–water partition coefficient (Wildman–Crippen LogP) is 1.31. The molecule has 2 N–H and O–H groups in total. The smallest absolute Gasteiger partial charge is 0.308 e. The molecule has 1 aromatic carbocycles. The van der Waals surface area contributed by atoms with Gasteiger partial charge in [0.25, 0.3) is 0 Å². The van der Waals surface area contributed by atoms with E-state index in [-0.39, 0.29) is 25.4 Å². The van der Waals surface area contributed by atoms with Crippen LogP contribution in [0.15, 0.2) is 30.3 Å². The van der Waals surface area contributed by atoms with Gasteiger partial charge in [-0.25, -0.2) is 0 Å². The quantitative estimate of drug-likeness (QED) is 0.592. The Morgan fingerprint density at radius 2 is 1.88 bits per heavy atom. The van der Waals surface area contributed by atoms with Gasteiger partial charge in [0, 0.05) is 13.0 Å². The van der Waals surface area contributed by atoms with Gasteiger partial charge in [0.1, 0.15) is 5.78 Å². The first-order chi connectivity index (χ1) is 11.4. The van der Waals surface area contributed by atoms with Crippen molar-refractivity contribution in [3.63, 3.8) is 0 Å². The Morgan fingerprint density at radius 3 is 2.50 bits per heavy atom. The van der Waals surface area contributed by atoms with Crippen LogP contribution in [0.2, 0.25) is 0 Å². The average Bonchev–Trinajstić information content (AvgIpc) is 2.59. The highest BCUT2D eigenvalue weighted by Crippen LogP contribution is 2.07. The Bertz CT molecular complexity index is 505. The van der Waals surface area contributed by atoms with E-state index in [9.17, 15) is 14.7 Å². The zero-order valence-electron chi connectivity index (χ0n) is 14.5. The van der Waals surface area contributed by atoms with Gasteiger partial charge >= 0.3 is 5.97 Å². The second kappa shape index (κ2) is 10.9. The second-order valence-electron chi connectivity index (χ2n) is 5.88. The zero-order chi connectivity index (χ0) is 17.9. The normalized spacial score (nSPS) is 14.7. The van der Waals surface area contributed by atoms with Gasteiger partial charge in [-0.1, -0.05) is 37.3 Å². The van der Waals surface area contributed by atoms with Crippen LogP contribution < -0.4 is 5.32 Å². The molecule has 0 saturated carbocycles. The predicted molar refractivity (Wildman–Crippen MR) is 90.4 cm³/mol. The van der Waals surface area contributed by atoms with Crippen molar-refractivity contribution < 1.29 is 24.2 Å². The summed E-state index contributed by atoms with van der Waals surface area (Å²) in [6.45, 7) is 4.23. The number of aliphatic hydroxyl groups is 1. The fourth-order valence-electron chi connectivity index (χ4n) is 2.14. The number of rotatable bonds is 11. The maximum absolute atomic E-state index is 12.0. The molecule has 0 aliphatic heterocycles. The molecule has 24 heavy (non-hydrogen) atoms. The molecular weight excluding hydrogens is 310 g/mol. The number of esters is 1. The van der Waals surface area contributed by atoms with E-state index < -0.39 is 24.0 Å². The standard InChI is InChI=1S/C18H27NO5/c1-13(18(22)23-3)9-17(21)14(2)19-10-16(20)12-24-11-15-7-5-4-6-8-15/h4-8,13-14,16,19-20H,9-12H2,1-3H3. The van der Waals surface area contributed by atoms with Gasteiger partial charge in [0.05, 0.1) is 38.4 Å². The van der Waals surface area contributed by atoms with Crippen molar-refractivity contribution in [3.8, 4) is 0 Å². The number of carbonyl (C=O) groups excluding carboxylic acids is 2. The summed E-state index contributed by atoms with van der Waals surface area (Å²) >= 11 is 0. The lowest BCUT2D eigenvalue weighted by Gasteiger charge is -2.17. The molecule has 0 bridgehead atoms. The average molecular weight is 337 g/mol. The first-order valence-electron chi connectivity index (χ1n) is 8.07. The van der Waals surface area contributed by atoms with Gasteiger partial charge in [-0.05, 0) is 12.5 Å². The first-order valence-corrected chi connectivity index (χ1v) is 8.07. The summed E-state index contributed by atoms with van der Waals surface area (Å²) in [6.07, 6.45) is -0.594. The summed E-state index contributed by atoms with van der Waals surface area (Å²) < 4.78 is 10.1. The van der Waals surface area contributed by atoms with Crippen molar-refractivity contribution in [1.29, 1.82) is 0 Å². The SMILES string of the molecule is COC(=O)C(C)CC(=O)C(C)NCC(O)COCc1ccccc1. The van der Waals surface area contributed by atoms with Crippen LogP contribution in [0, 0.1) is 5.92 Å². The van der Waals surface area contributed by atoms with Crippen LogP contribution in [-0.2, 0) is 25.7 Å². The van der Waals surface area contributed by atoms with Crippen LogP contribution in [0.1, 0.15) is 25.8 Å². The van der Waals surface area contributed by atoms with Gasteiger partial charge in [0.15, 0.2) is 0 Å². The third-order valence-corrected chi connectivity index (χ3v) is 3.68. The molecule has 0 aliphatic rings. The molecular formula is C18H27NO5. The van der Waals surface area contributed by atoms with Crippen molar-refractivity contribution in [2.75, 3.05) is 20.3 Å². The Balaban J connectivity index is 2.21. The third-order valence-electron chi connectivity index (χ3n) is 3.68.